The molecule has 90 valence electrons. The van der Waals surface area contributed by atoms with Crippen LogP contribution in [0.4, 0.5) is 0 Å². The number of hydrogen-bond donors (Lipinski definition) is 1. The van der Waals surface area contributed by atoms with Gasteiger partial charge in [-0.2, -0.15) is 0 Å². The molecule has 0 saturated carbocycles. The van der Waals surface area contributed by atoms with Crippen molar-refractivity contribution in [1.82, 2.24) is 5.32 Å². The maximum absolute atomic E-state index is 12.0. The first kappa shape index (κ1) is 14.0. The third-order valence-corrected chi connectivity index (χ3v) is 4.48. The highest BCUT2D eigenvalue weighted by Gasteiger charge is 2.10. The first-order valence-electron chi connectivity index (χ1n) is 5.05. The molecule has 0 aliphatic rings. The van der Waals surface area contributed by atoms with Crippen LogP contribution < -0.4 is 5.32 Å². The van der Waals surface area contributed by atoms with Gasteiger partial charge in [-0.3, -0.25) is 4.21 Å². The second-order valence-corrected chi connectivity index (χ2v) is 5.99. The van der Waals surface area contributed by atoms with Gasteiger partial charge in [0.15, 0.2) is 0 Å². The monoisotopic (exact) mass is 279 g/mol. The van der Waals surface area contributed by atoms with Gasteiger partial charge in [-0.25, -0.2) is 0 Å². The van der Waals surface area contributed by atoms with Crippen LogP contribution in [-0.2, 0) is 10.8 Å². The van der Waals surface area contributed by atoms with Crippen molar-refractivity contribution < 1.29 is 4.21 Å². The molecule has 0 aliphatic carbocycles. The zero-order valence-corrected chi connectivity index (χ0v) is 11.6. The highest BCUT2D eigenvalue weighted by Crippen LogP contribution is 2.24. The first-order valence-corrected chi connectivity index (χ1v) is 7.12. The number of nitrogens with one attached hydrogen (secondary N) is 1. The van der Waals surface area contributed by atoms with Crippen LogP contribution in [0.15, 0.2) is 23.1 Å². The number of rotatable bonds is 5. The Kier molecular flexibility index (Phi) is 5.76. The van der Waals surface area contributed by atoms with Crippen LogP contribution in [0.3, 0.4) is 0 Å². The molecule has 2 nitrogen and oxygen atoms in total. The van der Waals surface area contributed by atoms with Crippen molar-refractivity contribution in [1.29, 1.82) is 0 Å². The highest BCUT2D eigenvalue weighted by atomic mass is 35.5. The molecule has 2 unspecified atom stereocenters. The van der Waals surface area contributed by atoms with Crippen LogP contribution >= 0.6 is 23.2 Å². The van der Waals surface area contributed by atoms with E-state index >= 15 is 0 Å². The number of benzene rings is 1. The maximum Gasteiger partial charge on any atom is 0.0589 e. The van der Waals surface area contributed by atoms with Crippen molar-refractivity contribution in [2.45, 2.75) is 24.3 Å². The fraction of sp³-hybridized carbons (Fsp3) is 0.455. The van der Waals surface area contributed by atoms with Gasteiger partial charge in [0.2, 0.25) is 0 Å². The average molecular weight is 280 g/mol. The van der Waals surface area contributed by atoms with Gasteiger partial charge in [-0.15, -0.1) is 0 Å². The Bertz CT molecular complexity index is 384. The molecule has 0 fully saturated rings. The van der Waals surface area contributed by atoms with Crippen molar-refractivity contribution in [3.05, 3.63) is 28.2 Å². The molecule has 5 heteroatoms. The summed E-state index contributed by atoms with van der Waals surface area (Å²) in [5.74, 6) is 0.585. The summed E-state index contributed by atoms with van der Waals surface area (Å²) in [4.78, 5) is 0.623. The molecule has 1 aromatic rings. The summed E-state index contributed by atoms with van der Waals surface area (Å²) < 4.78 is 12.0. The number of hydrogen-bond acceptors (Lipinski definition) is 2. The van der Waals surface area contributed by atoms with Crippen LogP contribution in [0.25, 0.3) is 0 Å². The predicted octanol–water partition coefficient (Wildman–Crippen LogP) is 3.10. The van der Waals surface area contributed by atoms with Crippen LogP contribution in [0.2, 0.25) is 10.0 Å². The Labute approximate surface area is 109 Å². The van der Waals surface area contributed by atoms with E-state index in [4.69, 9.17) is 23.2 Å². The van der Waals surface area contributed by atoms with Gasteiger partial charge in [0.25, 0.3) is 0 Å². The van der Waals surface area contributed by atoms with E-state index in [0.29, 0.717) is 26.7 Å². The van der Waals surface area contributed by atoms with E-state index in [1.807, 2.05) is 7.05 Å². The van der Waals surface area contributed by atoms with Crippen LogP contribution in [0.5, 0.6) is 0 Å². The lowest BCUT2D eigenvalue weighted by atomic mass is 10.3. The molecular weight excluding hydrogens is 265 g/mol. The van der Waals surface area contributed by atoms with Crippen molar-refractivity contribution in [3.8, 4) is 0 Å². The molecule has 0 aliphatic heterocycles. The SMILES string of the molecule is CNC(C)CCS(=O)c1cc(Cl)ccc1Cl. The second kappa shape index (κ2) is 6.60. The molecule has 1 aromatic carbocycles. The summed E-state index contributed by atoms with van der Waals surface area (Å²) in [6, 6.07) is 5.39. The van der Waals surface area contributed by atoms with E-state index in [0.717, 1.165) is 6.42 Å². The molecular formula is C11H15Cl2NOS. The summed E-state index contributed by atoms with van der Waals surface area (Å²) in [5.41, 5.74) is 0. The van der Waals surface area contributed by atoms with Crippen LogP contribution in [-0.4, -0.2) is 23.1 Å². The Balaban J connectivity index is 2.69. The molecule has 0 amide bonds. The summed E-state index contributed by atoms with van der Waals surface area (Å²) in [6.45, 7) is 2.05. The van der Waals surface area contributed by atoms with Crippen molar-refractivity contribution >= 4 is 34.0 Å². The zero-order valence-electron chi connectivity index (χ0n) is 9.30. The van der Waals surface area contributed by atoms with Gasteiger partial charge in [-0.05, 0) is 38.6 Å². The van der Waals surface area contributed by atoms with E-state index in [2.05, 4.69) is 12.2 Å². The van der Waals surface area contributed by atoms with Crippen molar-refractivity contribution in [2.24, 2.45) is 0 Å². The highest BCUT2D eigenvalue weighted by molar-refractivity contribution is 7.85. The summed E-state index contributed by atoms with van der Waals surface area (Å²) in [6.07, 6.45) is 0.839. The molecule has 0 spiro atoms. The quantitative estimate of drug-likeness (QED) is 0.898. The Morgan fingerprint density at radius 1 is 1.44 bits per heavy atom. The van der Waals surface area contributed by atoms with Crippen LogP contribution in [0.1, 0.15) is 13.3 Å². The minimum absolute atomic E-state index is 0.349. The van der Waals surface area contributed by atoms with E-state index in [1.54, 1.807) is 18.2 Å². The molecule has 1 rings (SSSR count). The lowest BCUT2D eigenvalue weighted by Crippen LogP contribution is -2.23. The minimum atomic E-state index is -1.08. The molecule has 16 heavy (non-hydrogen) atoms. The topological polar surface area (TPSA) is 29.1 Å². The van der Waals surface area contributed by atoms with Gasteiger partial charge >= 0.3 is 0 Å². The Hall–Kier alpha value is -0.0900. The fourth-order valence-electron chi connectivity index (χ4n) is 1.19. The molecule has 0 saturated heterocycles. The van der Waals surface area contributed by atoms with Crippen molar-refractivity contribution in [2.75, 3.05) is 12.8 Å². The normalized spacial score (nSPS) is 14.8. The largest absolute Gasteiger partial charge is 0.317 e. The summed E-state index contributed by atoms with van der Waals surface area (Å²) >= 11 is 11.8. The van der Waals surface area contributed by atoms with E-state index in [-0.39, 0.29) is 0 Å². The summed E-state index contributed by atoms with van der Waals surface area (Å²) in [5, 5.41) is 4.18. The van der Waals surface area contributed by atoms with Gasteiger partial charge in [-0.1, -0.05) is 23.2 Å². The zero-order chi connectivity index (χ0) is 12.1. The first-order chi connectivity index (χ1) is 7.54. The molecule has 0 heterocycles. The third-order valence-electron chi connectivity index (χ3n) is 2.37. The fourth-order valence-corrected chi connectivity index (χ4v) is 3.13. The van der Waals surface area contributed by atoms with E-state index < -0.39 is 10.8 Å². The van der Waals surface area contributed by atoms with Gasteiger partial charge in [0, 0.05) is 16.8 Å². The Morgan fingerprint density at radius 2 is 2.12 bits per heavy atom. The minimum Gasteiger partial charge on any atom is -0.317 e. The molecule has 0 aromatic heterocycles. The lowest BCUT2D eigenvalue weighted by Gasteiger charge is -2.10. The molecule has 0 radical (unpaired) electrons. The molecule has 2 atom stereocenters. The lowest BCUT2D eigenvalue weighted by molar-refractivity contribution is 0.591. The summed E-state index contributed by atoms with van der Waals surface area (Å²) in [7, 11) is 0.805. The predicted molar refractivity (Wildman–Crippen MR) is 70.9 cm³/mol. The number of halogens is 2. The third kappa shape index (κ3) is 4.06. The van der Waals surface area contributed by atoms with Crippen molar-refractivity contribution in [3.63, 3.8) is 0 Å². The van der Waals surface area contributed by atoms with Gasteiger partial charge in [0.05, 0.1) is 20.7 Å². The van der Waals surface area contributed by atoms with E-state index in [9.17, 15) is 4.21 Å². The Morgan fingerprint density at radius 3 is 2.75 bits per heavy atom. The average Bonchev–Trinajstić information content (AvgIpc) is 2.28. The molecule has 1 N–H and O–H groups in total. The van der Waals surface area contributed by atoms with Gasteiger partial charge in [0.1, 0.15) is 0 Å². The van der Waals surface area contributed by atoms with E-state index in [1.165, 1.54) is 0 Å². The van der Waals surface area contributed by atoms with Gasteiger partial charge < -0.3 is 5.32 Å². The standard InChI is InChI=1S/C11H15Cl2NOS/c1-8(14-2)5-6-16(15)11-7-9(12)3-4-10(11)13/h3-4,7-8,14H,5-6H2,1-2H3. The second-order valence-electron chi connectivity index (χ2n) is 3.60. The molecule has 0 bridgehead atoms. The van der Waals surface area contributed by atoms with Crippen LogP contribution in [0, 0.1) is 0 Å². The smallest absolute Gasteiger partial charge is 0.0589 e. The maximum atomic E-state index is 12.0.